The molecule has 3 rings (SSSR count). The molecule has 0 atom stereocenters. The Hall–Kier alpha value is -2.33. The average molecular weight is 312 g/mol. The summed E-state index contributed by atoms with van der Waals surface area (Å²) >= 11 is 0. The molecular weight excluding hydrogens is 296 g/mol. The van der Waals surface area contributed by atoms with Crippen LogP contribution in [0, 0.1) is 0 Å². The number of hydrogen-bond acceptors (Lipinski definition) is 3. The van der Waals surface area contributed by atoms with Gasteiger partial charge in [-0.3, -0.25) is 0 Å². The van der Waals surface area contributed by atoms with Crippen LogP contribution in [-0.4, -0.2) is 18.4 Å². The highest BCUT2D eigenvalue weighted by Crippen LogP contribution is 2.35. The van der Waals surface area contributed by atoms with E-state index >= 15 is 0 Å². The Bertz CT molecular complexity index is 690. The minimum absolute atomic E-state index is 0.788. The number of hydrogen-bond donors (Lipinski definition) is 0. The minimum Gasteiger partial charge on any atom is -0.497 e. The second-order valence-electron chi connectivity index (χ2n) is 4.79. The van der Waals surface area contributed by atoms with Crippen LogP contribution in [0.3, 0.4) is 0 Å². The summed E-state index contributed by atoms with van der Waals surface area (Å²) in [6, 6.07) is 15.2. The Morgan fingerprint density at radius 2 is 1.05 bits per heavy atom. The van der Waals surface area contributed by atoms with Gasteiger partial charge in [-0.05, 0) is 47.5 Å². The zero-order chi connectivity index (χ0) is 15.5. The molecule has 1 heterocycles. The molecule has 0 unspecified atom stereocenters. The molecule has 0 saturated carbocycles. The Kier molecular flexibility index (Phi) is 4.11. The molecule has 4 heteroatoms. The van der Waals surface area contributed by atoms with Crippen molar-refractivity contribution in [3.8, 4) is 11.5 Å². The smallest absolute Gasteiger partial charge is 0.118 e. The van der Waals surface area contributed by atoms with Crippen LogP contribution in [0.25, 0.3) is 9.81 Å². The second kappa shape index (κ2) is 6.20. The lowest BCUT2D eigenvalue weighted by atomic mass is 10.2. The number of rotatable bonds is 4. The fourth-order valence-electron chi connectivity index (χ4n) is 2.31. The van der Waals surface area contributed by atoms with Crippen LogP contribution in [0.5, 0.6) is 11.5 Å². The fraction of sp³-hybridized carbons (Fsp3) is 0.111. The second-order valence-corrected chi connectivity index (χ2v) is 6.20. The van der Waals surface area contributed by atoms with E-state index < -0.39 is 10.8 Å². The van der Waals surface area contributed by atoms with Crippen LogP contribution in [-0.2, 0) is 10.8 Å². The van der Waals surface area contributed by atoms with Gasteiger partial charge in [0, 0.05) is 0 Å². The van der Waals surface area contributed by atoms with Gasteiger partial charge in [0.05, 0.1) is 34.8 Å². The Labute approximate surface area is 132 Å². The van der Waals surface area contributed by atoms with E-state index in [0.717, 1.165) is 32.4 Å². The van der Waals surface area contributed by atoms with Gasteiger partial charge < -0.3 is 9.47 Å². The van der Waals surface area contributed by atoms with Gasteiger partial charge in [0.1, 0.15) is 11.5 Å². The van der Waals surface area contributed by atoms with Crippen molar-refractivity contribution in [3.63, 3.8) is 0 Å². The van der Waals surface area contributed by atoms with Crippen molar-refractivity contribution >= 4 is 20.6 Å². The van der Waals surface area contributed by atoms with Crippen molar-refractivity contribution < 1.29 is 13.7 Å². The first-order valence-corrected chi connectivity index (χ1v) is 8.00. The molecule has 0 amide bonds. The van der Waals surface area contributed by atoms with Crippen molar-refractivity contribution in [1.29, 1.82) is 0 Å². The maximum atomic E-state index is 12.7. The summed E-state index contributed by atoms with van der Waals surface area (Å²) in [5.74, 6) is 1.58. The molecule has 22 heavy (non-hydrogen) atoms. The highest BCUT2D eigenvalue weighted by Gasteiger charge is 2.21. The van der Waals surface area contributed by atoms with Crippen molar-refractivity contribution in [2.75, 3.05) is 14.2 Å². The van der Waals surface area contributed by atoms with E-state index in [1.165, 1.54) is 0 Å². The number of benzene rings is 2. The maximum absolute atomic E-state index is 12.7. The lowest BCUT2D eigenvalue weighted by molar-refractivity contribution is 0.414. The van der Waals surface area contributed by atoms with Gasteiger partial charge in [0.2, 0.25) is 0 Å². The molecule has 112 valence electrons. The quantitative estimate of drug-likeness (QED) is 0.860. The first kappa shape index (κ1) is 14.6. The summed E-state index contributed by atoms with van der Waals surface area (Å²) in [5, 5.41) is 0. The van der Waals surface area contributed by atoms with Gasteiger partial charge in [-0.25, -0.2) is 4.21 Å². The molecule has 2 aromatic carbocycles. The lowest BCUT2D eigenvalue weighted by Gasteiger charge is -2.08. The highest BCUT2D eigenvalue weighted by atomic mass is 32.2. The monoisotopic (exact) mass is 312 g/mol. The van der Waals surface area contributed by atoms with Gasteiger partial charge in [-0.2, -0.15) is 0 Å². The predicted molar refractivity (Wildman–Crippen MR) is 90.1 cm³/mol. The molecule has 3 nitrogen and oxygen atoms in total. The zero-order valence-corrected chi connectivity index (χ0v) is 13.2. The van der Waals surface area contributed by atoms with Crippen LogP contribution in [0.2, 0.25) is 0 Å². The van der Waals surface area contributed by atoms with Crippen LogP contribution in [0.4, 0.5) is 0 Å². The van der Waals surface area contributed by atoms with E-state index in [2.05, 4.69) is 0 Å². The highest BCUT2D eigenvalue weighted by molar-refractivity contribution is 8.03. The predicted octanol–water partition coefficient (Wildman–Crippen LogP) is 3.85. The number of allylic oxidation sites excluding steroid dienone is 2. The average Bonchev–Trinajstić information content (AvgIpc) is 2.96. The molecule has 1 aliphatic rings. The van der Waals surface area contributed by atoms with Gasteiger partial charge in [-0.1, -0.05) is 24.3 Å². The summed E-state index contributed by atoms with van der Waals surface area (Å²) < 4.78 is 23.0. The van der Waals surface area contributed by atoms with Gasteiger partial charge >= 0.3 is 0 Å². The summed E-state index contributed by atoms with van der Waals surface area (Å²) in [4.78, 5) is 1.63. The first-order valence-electron chi connectivity index (χ1n) is 6.85. The first-order chi connectivity index (χ1) is 10.7. The third-order valence-corrected chi connectivity index (χ3v) is 5.08. The summed E-state index contributed by atoms with van der Waals surface area (Å²) in [7, 11) is 2.08. The van der Waals surface area contributed by atoms with Crippen molar-refractivity contribution in [1.82, 2.24) is 0 Å². The molecule has 0 bridgehead atoms. The van der Waals surface area contributed by atoms with E-state index in [1.807, 2.05) is 60.7 Å². The van der Waals surface area contributed by atoms with E-state index in [4.69, 9.17) is 9.47 Å². The van der Waals surface area contributed by atoms with Gasteiger partial charge in [0.15, 0.2) is 0 Å². The van der Waals surface area contributed by atoms with Crippen molar-refractivity contribution in [2.45, 2.75) is 0 Å². The third-order valence-electron chi connectivity index (χ3n) is 3.53. The SMILES string of the molecule is COc1ccc(C2=CC=C(c3ccc(OC)cc3)S2=O)cc1. The van der Waals surface area contributed by atoms with Crippen LogP contribution in [0.15, 0.2) is 60.7 Å². The van der Waals surface area contributed by atoms with E-state index in [0.29, 0.717) is 0 Å². The Morgan fingerprint density at radius 1 is 0.682 bits per heavy atom. The molecule has 1 aliphatic heterocycles. The van der Waals surface area contributed by atoms with Crippen molar-refractivity contribution in [3.05, 3.63) is 71.8 Å². The molecule has 0 aliphatic carbocycles. The molecule has 0 aromatic heterocycles. The molecule has 2 aromatic rings. The number of methoxy groups -OCH3 is 2. The number of ether oxygens (including phenoxy) is 2. The largest absolute Gasteiger partial charge is 0.497 e. The van der Waals surface area contributed by atoms with Crippen LogP contribution in [0.1, 0.15) is 11.1 Å². The molecule has 0 saturated heterocycles. The normalized spacial score (nSPS) is 14.5. The van der Waals surface area contributed by atoms with Crippen LogP contribution >= 0.6 is 0 Å². The minimum atomic E-state index is -1.18. The third kappa shape index (κ3) is 2.70. The lowest BCUT2D eigenvalue weighted by Crippen LogP contribution is -1.94. The van der Waals surface area contributed by atoms with Gasteiger partial charge in [-0.15, -0.1) is 0 Å². The summed E-state index contributed by atoms with van der Waals surface area (Å²) in [6.45, 7) is 0. The van der Waals surface area contributed by atoms with Gasteiger partial charge in [0.25, 0.3) is 0 Å². The molecule has 0 spiro atoms. The molecule has 0 fully saturated rings. The Balaban J connectivity index is 1.83. The standard InChI is InChI=1S/C18H16O3S/c1-20-15-7-3-13(4-8-15)17-11-12-18(22(17)19)14-5-9-16(21-2)10-6-14/h3-12H,1-2H3. The van der Waals surface area contributed by atoms with E-state index in [1.54, 1.807) is 14.2 Å². The topological polar surface area (TPSA) is 35.5 Å². The fourth-order valence-corrected chi connectivity index (χ4v) is 3.63. The summed E-state index contributed by atoms with van der Waals surface area (Å²) in [6.07, 6.45) is 3.83. The van der Waals surface area contributed by atoms with E-state index in [-0.39, 0.29) is 0 Å². The van der Waals surface area contributed by atoms with Crippen LogP contribution < -0.4 is 9.47 Å². The van der Waals surface area contributed by atoms with E-state index in [9.17, 15) is 4.21 Å². The molecular formula is C18H16O3S. The van der Waals surface area contributed by atoms with Crippen molar-refractivity contribution in [2.24, 2.45) is 0 Å². The maximum Gasteiger partial charge on any atom is 0.118 e. The summed E-state index contributed by atoms with van der Waals surface area (Å²) in [5.41, 5.74) is 1.89. The molecule has 0 N–H and O–H groups in total. The zero-order valence-electron chi connectivity index (χ0n) is 12.4. The Morgan fingerprint density at radius 3 is 1.36 bits per heavy atom. The molecule has 0 radical (unpaired) electrons.